The standard InChI is InChI=1S/C14H19BrClNO2/c1-4-9(2)14(3,19)8-17-13(18)11-6-5-10(16)7-12(11)15/h5-7,9,19H,4,8H2,1-3H3,(H,17,18). The zero-order valence-corrected chi connectivity index (χ0v) is 13.7. The van der Waals surface area contributed by atoms with Crippen LogP contribution in [0.1, 0.15) is 37.6 Å². The third-order valence-corrected chi connectivity index (χ3v) is 4.35. The van der Waals surface area contributed by atoms with Gasteiger partial charge in [-0.3, -0.25) is 4.79 Å². The van der Waals surface area contributed by atoms with Crippen molar-refractivity contribution in [3.63, 3.8) is 0 Å². The maximum Gasteiger partial charge on any atom is 0.252 e. The van der Waals surface area contributed by atoms with Crippen LogP contribution in [0, 0.1) is 5.92 Å². The fourth-order valence-corrected chi connectivity index (χ4v) is 2.50. The van der Waals surface area contributed by atoms with Crippen LogP contribution in [-0.2, 0) is 0 Å². The molecule has 0 saturated heterocycles. The number of aliphatic hydroxyl groups is 1. The molecule has 2 N–H and O–H groups in total. The number of amides is 1. The second-order valence-electron chi connectivity index (χ2n) is 4.97. The van der Waals surface area contributed by atoms with Crippen molar-refractivity contribution in [3.8, 4) is 0 Å². The Morgan fingerprint density at radius 3 is 2.74 bits per heavy atom. The number of nitrogens with one attached hydrogen (secondary N) is 1. The molecule has 0 bridgehead atoms. The Bertz CT molecular complexity index is 463. The van der Waals surface area contributed by atoms with Crippen molar-refractivity contribution in [3.05, 3.63) is 33.3 Å². The monoisotopic (exact) mass is 347 g/mol. The summed E-state index contributed by atoms with van der Waals surface area (Å²) in [5, 5.41) is 13.6. The van der Waals surface area contributed by atoms with E-state index in [1.54, 1.807) is 25.1 Å². The normalized spacial score (nSPS) is 15.7. The molecule has 3 nitrogen and oxygen atoms in total. The molecule has 0 heterocycles. The van der Waals surface area contributed by atoms with Crippen molar-refractivity contribution in [1.82, 2.24) is 5.32 Å². The topological polar surface area (TPSA) is 49.3 Å². The summed E-state index contributed by atoms with van der Waals surface area (Å²) in [6, 6.07) is 4.98. The van der Waals surface area contributed by atoms with Crippen LogP contribution in [0.2, 0.25) is 5.02 Å². The number of hydrogen-bond acceptors (Lipinski definition) is 2. The highest BCUT2D eigenvalue weighted by Gasteiger charge is 2.27. The van der Waals surface area contributed by atoms with Crippen LogP contribution in [-0.4, -0.2) is 23.2 Å². The Balaban J connectivity index is 2.70. The molecular weight excluding hydrogens is 330 g/mol. The van der Waals surface area contributed by atoms with E-state index in [1.807, 2.05) is 13.8 Å². The van der Waals surface area contributed by atoms with Crippen molar-refractivity contribution in [1.29, 1.82) is 0 Å². The molecule has 0 fully saturated rings. The van der Waals surface area contributed by atoms with Crippen LogP contribution in [0.15, 0.2) is 22.7 Å². The van der Waals surface area contributed by atoms with E-state index in [0.29, 0.717) is 15.1 Å². The number of benzene rings is 1. The van der Waals surface area contributed by atoms with E-state index in [0.717, 1.165) is 6.42 Å². The lowest BCUT2D eigenvalue weighted by molar-refractivity contribution is 0.00592. The van der Waals surface area contributed by atoms with E-state index in [9.17, 15) is 9.90 Å². The minimum Gasteiger partial charge on any atom is -0.388 e. The first-order valence-corrected chi connectivity index (χ1v) is 7.40. The van der Waals surface area contributed by atoms with E-state index in [2.05, 4.69) is 21.2 Å². The Morgan fingerprint density at radius 1 is 1.58 bits per heavy atom. The van der Waals surface area contributed by atoms with E-state index in [1.165, 1.54) is 0 Å². The molecular formula is C14H19BrClNO2. The van der Waals surface area contributed by atoms with Crippen LogP contribution in [0.25, 0.3) is 0 Å². The smallest absolute Gasteiger partial charge is 0.252 e. The molecule has 1 aromatic carbocycles. The van der Waals surface area contributed by atoms with Crippen LogP contribution in [0.5, 0.6) is 0 Å². The number of carbonyl (C=O) groups is 1. The second kappa shape index (κ2) is 6.73. The summed E-state index contributed by atoms with van der Waals surface area (Å²) < 4.78 is 0.640. The summed E-state index contributed by atoms with van der Waals surface area (Å²) in [6.45, 7) is 5.93. The summed E-state index contributed by atoms with van der Waals surface area (Å²) in [6.07, 6.45) is 0.855. The summed E-state index contributed by atoms with van der Waals surface area (Å²) in [4.78, 5) is 12.0. The Kier molecular flexibility index (Phi) is 5.83. The largest absolute Gasteiger partial charge is 0.388 e. The molecule has 106 valence electrons. The van der Waals surface area contributed by atoms with Gasteiger partial charge < -0.3 is 10.4 Å². The minimum absolute atomic E-state index is 0.112. The lowest BCUT2D eigenvalue weighted by Crippen LogP contribution is -2.45. The quantitative estimate of drug-likeness (QED) is 0.853. The predicted octanol–water partition coefficient (Wildman–Crippen LogP) is 3.63. The van der Waals surface area contributed by atoms with Crippen molar-refractivity contribution < 1.29 is 9.90 Å². The van der Waals surface area contributed by atoms with E-state index in [4.69, 9.17) is 11.6 Å². The van der Waals surface area contributed by atoms with Gasteiger partial charge >= 0.3 is 0 Å². The number of rotatable bonds is 5. The summed E-state index contributed by atoms with van der Waals surface area (Å²) in [7, 11) is 0. The number of halogens is 2. The van der Waals surface area contributed by atoms with Crippen molar-refractivity contribution >= 4 is 33.4 Å². The Morgan fingerprint density at radius 2 is 2.21 bits per heavy atom. The third-order valence-electron chi connectivity index (χ3n) is 3.46. The summed E-state index contributed by atoms with van der Waals surface area (Å²) in [5.41, 5.74) is -0.409. The molecule has 2 atom stereocenters. The molecule has 0 aliphatic carbocycles. The Hall–Kier alpha value is -0.580. The van der Waals surface area contributed by atoms with Gasteiger partial charge in [-0.1, -0.05) is 31.9 Å². The fraction of sp³-hybridized carbons (Fsp3) is 0.500. The van der Waals surface area contributed by atoms with Gasteiger partial charge in [-0.15, -0.1) is 0 Å². The third kappa shape index (κ3) is 4.48. The van der Waals surface area contributed by atoms with E-state index in [-0.39, 0.29) is 18.4 Å². The molecule has 2 unspecified atom stereocenters. The first-order chi connectivity index (χ1) is 8.77. The van der Waals surface area contributed by atoms with Gasteiger partial charge in [-0.2, -0.15) is 0 Å². The second-order valence-corrected chi connectivity index (χ2v) is 6.26. The van der Waals surface area contributed by atoms with E-state index >= 15 is 0 Å². The number of hydrogen-bond donors (Lipinski definition) is 2. The van der Waals surface area contributed by atoms with Gasteiger partial charge in [0.2, 0.25) is 0 Å². The highest BCUT2D eigenvalue weighted by Crippen LogP contribution is 2.22. The van der Waals surface area contributed by atoms with Gasteiger partial charge in [0, 0.05) is 16.0 Å². The molecule has 1 rings (SSSR count). The first kappa shape index (κ1) is 16.5. The molecule has 1 amide bonds. The molecule has 0 radical (unpaired) electrons. The van der Waals surface area contributed by atoms with Crippen LogP contribution in [0.3, 0.4) is 0 Å². The zero-order valence-electron chi connectivity index (χ0n) is 11.3. The first-order valence-electron chi connectivity index (χ1n) is 6.23. The highest BCUT2D eigenvalue weighted by molar-refractivity contribution is 9.10. The summed E-state index contributed by atoms with van der Waals surface area (Å²) in [5.74, 6) is -0.117. The van der Waals surface area contributed by atoms with E-state index < -0.39 is 5.60 Å². The SMILES string of the molecule is CCC(C)C(C)(O)CNC(=O)c1ccc(Cl)cc1Br. The van der Waals surface area contributed by atoms with Crippen molar-refractivity contribution in [2.45, 2.75) is 32.8 Å². The average molecular weight is 349 g/mol. The number of carbonyl (C=O) groups excluding carboxylic acids is 1. The van der Waals surface area contributed by atoms with Crippen molar-refractivity contribution in [2.75, 3.05) is 6.54 Å². The molecule has 0 aromatic heterocycles. The van der Waals surface area contributed by atoms with Crippen LogP contribution >= 0.6 is 27.5 Å². The molecule has 0 saturated carbocycles. The predicted molar refractivity (Wildman–Crippen MR) is 81.6 cm³/mol. The lowest BCUT2D eigenvalue weighted by atomic mass is 9.88. The van der Waals surface area contributed by atoms with Crippen LogP contribution < -0.4 is 5.32 Å². The van der Waals surface area contributed by atoms with Gasteiger partial charge in [0.25, 0.3) is 5.91 Å². The van der Waals surface area contributed by atoms with Gasteiger partial charge in [0.05, 0.1) is 11.2 Å². The maximum atomic E-state index is 12.0. The van der Waals surface area contributed by atoms with Crippen LogP contribution in [0.4, 0.5) is 0 Å². The zero-order chi connectivity index (χ0) is 14.6. The summed E-state index contributed by atoms with van der Waals surface area (Å²) >= 11 is 9.13. The average Bonchev–Trinajstić information content (AvgIpc) is 2.35. The van der Waals surface area contributed by atoms with Gasteiger partial charge in [0.1, 0.15) is 0 Å². The highest BCUT2D eigenvalue weighted by atomic mass is 79.9. The molecule has 0 aliphatic heterocycles. The minimum atomic E-state index is -0.913. The van der Waals surface area contributed by atoms with Gasteiger partial charge in [-0.25, -0.2) is 0 Å². The Labute approximate surface area is 127 Å². The molecule has 0 spiro atoms. The fourth-order valence-electron chi connectivity index (χ4n) is 1.64. The molecule has 5 heteroatoms. The molecule has 19 heavy (non-hydrogen) atoms. The molecule has 1 aromatic rings. The van der Waals surface area contributed by atoms with Gasteiger partial charge in [0.15, 0.2) is 0 Å². The maximum absolute atomic E-state index is 12.0. The van der Waals surface area contributed by atoms with Crippen molar-refractivity contribution in [2.24, 2.45) is 5.92 Å². The van der Waals surface area contributed by atoms with Gasteiger partial charge in [-0.05, 0) is 47.0 Å². The molecule has 0 aliphatic rings. The lowest BCUT2D eigenvalue weighted by Gasteiger charge is -2.29.